The van der Waals surface area contributed by atoms with Gasteiger partial charge in [0.25, 0.3) is 0 Å². The van der Waals surface area contributed by atoms with E-state index in [-0.39, 0.29) is 38.4 Å². The van der Waals surface area contributed by atoms with Crippen LogP contribution in [0.2, 0.25) is 0 Å². The SMILES string of the molecule is CC#Cc1ccc2c(c1)-c1cc(C#CC)ccc1C2(CO)CO.CC#Cc1ccc2c(c1)-c1cc(C#CC)ccc1C2(COC(C)=O)COC(C)=O. The van der Waals surface area contributed by atoms with Gasteiger partial charge in [-0.3, -0.25) is 9.59 Å². The fourth-order valence-electron chi connectivity index (χ4n) is 7.11. The van der Waals surface area contributed by atoms with Gasteiger partial charge >= 0.3 is 11.9 Å². The number of esters is 2. The Morgan fingerprint density at radius 1 is 0.500 bits per heavy atom. The number of hydrogen-bond acceptors (Lipinski definition) is 6. The highest BCUT2D eigenvalue weighted by molar-refractivity contribution is 5.85. The molecular formula is C46H40O6. The zero-order valence-corrected chi connectivity index (χ0v) is 30.3. The molecule has 52 heavy (non-hydrogen) atoms. The lowest BCUT2D eigenvalue weighted by atomic mass is 9.79. The van der Waals surface area contributed by atoms with Crippen LogP contribution in [-0.2, 0) is 29.9 Å². The van der Waals surface area contributed by atoms with Gasteiger partial charge in [0.05, 0.1) is 24.0 Å². The van der Waals surface area contributed by atoms with Crippen molar-refractivity contribution in [2.75, 3.05) is 26.4 Å². The second-order valence-electron chi connectivity index (χ2n) is 12.6. The number of rotatable bonds is 6. The zero-order chi connectivity index (χ0) is 37.5. The van der Waals surface area contributed by atoms with E-state index >= 15 is 0 Å². The van der Waals surface area contributed by atoms with Crippen molar-refractivity contribution in [2.24, 2.45) is 0 Å². The fourth-order valence-corrected chi connectivity index (χ4v) is 7.11. The Balaban J connectivity index is 0.000000206. The van der Waals surface area contributed by atoms with Crippen LogP contribution in [0, 0.1) is 47.4 Å². The number of carbonyl (C=O) groups excluding carboxylic acids is 2. The van der Waals surface area contributed by atoms with Gasteiger partial charge in [-0.25, -0.2) is 0 Å². The number of benzene rings is 4. The molecule has 2 aliphatic rings. The lowest BCUT2D eigenvalue weighted by Crippen LogP contribution is -2.38. The maximum Gasteiger partial charge on any atom is 0.302 e. The number of aliphatic hydroxyl groups is 2. The molecule has 0 spiro atoms. The molecule has 0 saturated heterocycles. The molecule has 0 atom stereocenters. The molecule has 0 aliphatic heterocycles. The Bertz CT molecular complexity index is 2150. The van der Waals surface area contributed by atoms with Gasteiger partial charge in [-0.05, 0) is 121 Å². The van der Waals surface area contributed by atoms with Crippen molar-refractivity contribution in [3.8, 4) is 69.6 Å². The summed E-state index contributed by atoms with van der Waals surface area (Å²) in [6.07, 6.45) is 0. The number of ether oxygens (including phenoxy) is 2. The van der Waals surface area contributed by atoms with E-state index in [1.807, 2.05) is 86.6 Å². The molecule has 260 valence electrons. The van der Waals surface area contributed by atoms with Crippen LogP contribution in [0.1, 0.15) is 86.1 Å². The summed E-state index contributed by atoms with van der Waals surface area (Å²) < 4.78 is 10.9. The maximum absolute atomic E-state index is 11.6. The number of hydrogen-bond donors (Lipinski definition) is 2. The van der Waals surface area contributed by atoms with Gasteiger partial charge < -0.3 is 19.7 Å². The van der Waals surface area contributed by atoms with Crippen LogP contribution in [0.3, 0.4) is 0 Å². The summed E-state index contributed by atoms with van der Waals surface area (Å²) in [4.78, 5) is 23.2. The summed E-state index contributed by atoms with van der Waals surface area (Å²) in [5.74, 6) is 23.2. The smallest absolute Gasteiger partial charge is 0.302 e. The van der Waals surface area contributed by atoms with E-state index in [1.165, 1.54) is 13.8 Å². The second-order valence-corrected chi connectivity index (χ2v) is 12.6. The minimum atomic E-state index is -0.779. The van der Waals surface area contributed by atoms with Crippen LogP contribution in [0.25, 0.3) is 22.3 Å². The third-order valence-corrected chi connectivity index (χ3v) is 9.38. The Morgan fingerprint density at radius 3 is 1.00 bits per heavy atom. The largest absolute Gasteiger partial charge is 0.464 e. The second kappa shape index (κ2) is 15.9. The average Bonchev–Trinajstić information content (AvgIpc) is 3.56. The molecule has 6 rings (SSSR count). The summed E-state index contributed by atoms with van der Waals surface area (Å²) in [7, 11) is 0. The first kappa shape index (κ1) is 37.2. The van der Waals surface area contributed by atoms with Crippen LogP contribution in [0.4, 0.5) is 0 Å². The standard InChI is InChI=1S/C25H22O4.C21H18O2/c1-5-7-19-9-11-23-21(13-19)22-14-20(8-6-2)10-12-24(22)25(23,15-28-17(3)26)16-29-18(4)27;1-3-5-15-7-9-19-17(11-15)18-12-16(6-4-2)8-10-20(18)21(19,13-22)14-23/h9-14H,15-16H2,1-4H3;7-12,22-23H,13-14H2,1-2H3. The van der Waals surface area contributed by atoms with Gasteiger partial charge in [-0.15, -0.1) is 23.7 Å². The van der Waals surface area contributed by atoms with Crippen LogP contribution in [-0.4, -0.2) is 48.6 Å². The molecule has 0 fully saturated rings. The van der Waals surface area contributed by atoms with E-state index in [9.17, 15) is 19.8 Å². The lowest BCUT2D eigenvalue weighted by molar-refractivity contribution is -0.146. The Hall–Kier alpha value is -6.02. The first-order valence-electron chi connectivity index (χ1n) is 16.9. The lowest BCUT2D eigenvalue weighted by Gasteiger charge is -2.30. The van der Waals surface area contributed by atoms with Gasteiger partial charge in [0.2, 0.25) is 0 Å². The molecule has 0 radical (unpaired) electrons. The predicted molar refractivity (Wildman–Crippen MR) is 203 cm³/mol. The molecule has 0 bridgehead atoms. The van der Waals surface area contributed by atoms with Gasteiger partial charge in [-0.2, -0.15) is 0 Å². The average molecular weight is 689 g/mol. The molecule has 4 aromatic rings. The first-order valence-corrected chi connectivity index (χ1v) is 16.9. The van der Waals surface area contributed by atoms with Crippen molar-refractivity contribution in [3.63, 3.8) is 0 Å². The molecule has 0 amide bonds. The maximum atomic E-state index is 11.6. The normalized spacial score (nSPS) is 12.8. The van der Waals surface area contributed by atoms with Crippen molar-refractivity contribution in [1.82, 2.24) is 0 Å². The number of carbonyl (C=O) groups is 2. The first-order chi connectivity index (χ1) is 25.1. The molecule has 6 heteroatoms. The van der Waals surface area contributed by atoms with Gasteiger partial charge in [0.1, 0.15) is 13.2 Å². The summed E-state index contributed by atoms with van der Waals surface area (Å²) in [6, 6.07) is 23.7. The van der Waals surface area contributed by atoms with Crippen molar-refractivity contribution < 1.29 is 29.3 Å². The van der Waals surface area contributed by atoms with Gasteiger partial charge in [0.15, 0.2) is 0 Å². The van der Waals surface area contributed by atoms with Crippen LogP contribution < -0.4 is 0 Å². The monoisotopic (exact) mass is 688 g/mol. The quantitative estimate of drug-likeness (QED) is 0.178. The topological polar surface area (TPSA) is 93.1 Å². The highest BCUT2D eigenvalue weighted by Gasteiger charge is 2.46. The van der Waals surface area contributed by atoms with Crippen LogP contribution in [0.5, 0.6) is 0 Å². The van der Waals surface area contributed by atoms with E-state index in [0.717, 1.165) is 66.8 Å². The summed E-state index contributed by atoms with van der Waals surface area (Å²) >= 11 is 0. The molecule has 6 nitrogen and oxygen atoms in total. The van der Waals surface area contributed by atoms with E-state index in [1.54, 1.807) is 13.8 Å². The Morgan fingerprint density at radius 2 is 0.769 bits per heavy atom. The van der Waals surface area contributed by atoms with E-state index in [2.05, 4.69) is 47.4 Å². The molecule has 2 N–H and O–H groups in total. The van der Waals surface area contributed by atoms with Crippen molar-refractivity contribution in [3.05, 3.63) is 117 Å². The van der Waals surface area contributed by atoms with E-state index < -0.39 is 10.8 Å². The van der Waals surface area contributed by atoms with Crippen molar-refractivity contribution >= 4 is 11.9 Å². The molecule has 0 unspecified atom stereocenters. The summed E-state index contributed by atoms with van der Waals surface area (Å²) in [5, 5.41) is 20.1. The summed E-state index contributed by atoms with van der Waals surface area (Å²) in [5.41, 5.74) is 9.87. The Labute approximate surface area is 306 Å². The van der Waals surface area contributed by atoms with Crippen molar-refractivity contribution in [1.29, 1.82) is 0 Å². The molecule has 0 aromatic heterocycles. The molecule has 4 aromatic carbocycles. The summed E-state index contributed by atoms with van der Waals surface area (Å²) in [6.45, 7) is 9.82. The van der Waals surface area contributed by atoms with E-state index in [0.29, 0.717) is 0 Å². The highest BCUT2D eigenvalue weighted by atomic mass is 16.5. The molecule has 0 saturated carbocycles. The minimum absolute atomic E-state index is 0.0766. The van der Waals surface area contributed by atoms with Crippen LogP contribution in [0.15, 0.2) is 72.8 Å². The number of aliphatic hydroxyl groups excluding tert-OH is 2. The van der Waals surface area contributed by atoms with Gasteiger partial charge in [-0.1, -0.05) is 47.9 Å². The zero-order valence-electron chi connectivity index (χ0n) is 30.3. The van der Waals surface area contributed by atoms with Gasteiger partial charge in [0, 0.05) is 36.1 Å². The molecular weight excluding hydrogens is 649 g/mol. The molecule has 0 heterocycles. The van der Waals surface area contributed by atoms with Crippen molar-refractivity contribution in [2.45, 2.75) is 52.4 Å². The van der Waals surface area contributed by atoms with Crippen LogP contribution >= 0.6 is 0 Å². The van der Waals surface area contributed by atoms with E-state index in [4.69, 9.17) is 9.47 Å². The highest BCUT2D eigenvalue weighted by Crippen LogP contribution is 2.51. The predicted octanol–water partition coefficient (Wildman–Crippen LogP) is 6.50. The third-order valence-electron chi connectivity index (χ3n) is 9.38. The fraction of sp³-hybridized carbons (Fsp3) is 0.261. The Kier molecular flexibility index (Phi) is 11.4. The molecule has 2 aliphatic carbocycles. The number of fused-ring (bicyclic) bond motifs is 6. The minimum Gasteiger partial charge on any atom is -0.464 e. The third kappa shape index (κ3) is 6.97.